The molecule has 1 aliphatic carbocycles. The van der Waals surface area contributed by atoms with Crippen LogP contribution in [-0.2, 0) is 21.3 Å². The van der Waals surface area contributed by atoms with Gasteiger partial charge in [0.25, 0.3) is 0 Å². The molecule has 2 saturated heterocycles. The summed E-state index contributed by atoms with van der Waals surface area (Å²) in [6.07, 6.45) is 7.30. The van der Waals surface area contributed by atoms with Crippen LogP contribution < -0.4 is 10.0 Å². The number of halogens is 1. The summed E-state index contributed by atoms with van der Waals surface area (Å²) >= 11 is 0. The SMILES string of the molecule is CN=C(NCc1ccc(S(=O)(=O)NCC2CCCO2)cc1)N1CC2CCCCC2C1.I. The van der Waals surface area contributed by atoms with Gasteiger partial charge in [0.15, 0.2) is 5.96 Å². The Kier molecular flexibility index (Phi) is 9.01. The normalized spacial score (nSPS) is 26.4. The molecule has 0 spiro atoms. The quantitative estimate of drug-likeness (QED) is 0.317. The fourth-order valence-corrected chi connectivity index (χ4v) is 6.04. The highest BCUT2D eigenvalue weighted by Crippen LogP contribution is 2.35. The van der Waals surface area contributed by atoms with E-state index < -0.39 is 10.0 Å². The lowest BCUT2D eigenvalue weighted by atomic mass is 9.82. The minimum atomic E-state index is -3.51. The lowest BCUT2D eigenvalue weighted by Gasteiger charge is -2.22. The van der Waals surface area contributed by atoms with Gasteiger partial charge in [-0.2, -0.15) is 0 Å². The van der Waals surface area contributed by atoms with Crippen LogP contribution in [0.2, 0.25) is 0 Å². The monoisotopic (exact) mass is 562 g/mol. The van der Waals surface area contributed by atoms with Gasteiger partial charge in [-0.1, -0.05) is 25.0 Å². The van der Waals surface area contributed by atoms with Crippen molar-refractivity contribution >= 4 is 40.0 Å². The van der Waals surface area contributed by atoms with Crippen LogP contribution in [0.25, 0.3) is 0 Å². The van der Waals surface area contributed by atoms with E-state index in [1.54, 1.807) is 12.1 Å². The first-order valence-electron chi connectivity index (χ1n) is 11.2. The Balaban J connectivity index is 0.00000272. The third-order valence-electron chi connectivity index (χ3n) is 6.70. The van der Waals surface area contributed by atoms with E-state index in [-0.39, 0.29) is 35.0 Å². The number of guanidine groups is 1. The topological polar surface area (TPSA) is 83.0 Å². The molecule has 7 nitrogen and oxygen atoms in total. The minimum absolute atomic E-state index is 0. The molecule has 2 aliphatic heterocycles. The second-order valence-electron chi connectivity index (χ2n) is 8.74. The Morgan fingerprint density at radius 2 is 1.77 bits per heavy atom. The number of likely N-dealkylation sites (tertiary alicyclic amines) is 1. The molecule has 0 amide bonds. The Morgan fingerprint density at radius 1 is 1.10 bits per heavy atom. The standard InChI is InChI=1S/C22H34N4O3S.HI/c1-23-22(26-15-18-5-2-3-6-19(18)16-26)24-13-17-8-10-21(11-9-17)30(27,28)25-14-20-7-4-12-29-20;/h8-11,18-20,25H,2-7,12-16H2,1H3,(H,23,24);1H. The summed E-state index contributed by atoms with van der Waals surface area (Å²) < 4.78 is 33.2. The Morgan fingerprint density at radius 3 is 2.35 bits per heavy atom. The van der Waals surface area contributed by atoms with Gasteiger partial charge in [0.1, 0.15) is 0 Å². The van der Waals surface area contributed by atoms with E-state index in [1.165, 1.54) is 25.7 Å². The molecule has 0 bridgehead atoms. The molecule has 174 valence electrons. The second-order valence-corrected chi connectivity index (χ2v) is 10.5. The fraction of sp³-hybridized carbons (Fsp3) is 0.682. The number of hydrogen-bond acceptors (Lipinski definition) is 4. The largest absolute Gasteiger partial charge is 0.377 e. The van der Waals surface area contributed by atoms with Gasteiger partial charge >= 0.3 is 0 Å². The summed E-state index contributed by atoms with van der Waals surface area (Å²) in [5.74, 6) is 2.56. The number of nitrogens with one attached hydrogen (secondary N) is 2. The minimum Gasteiger partial charge on any atom is -0.377 e. The highest BCUT2D eigenvalue weighted by Gasteiger charge is 2.35. The summed E-state index contributed by atoms with van der Waals surface area (Å²) in [6.45, 7) is 3.87. The number of fused-ring (bicyclic) bond motifs is 1. The third-order valence-corrected chi connectivity index (χ3v) is 8.14. The molecule has 1 aromatic carbocycles. The van der Waals surface area contributed by atoms with Crippen LogP contribution in [0.4, 0.5) is 0 Å². The van der Waals surface area contributed by atoms with Gasteiger partial charge in [0.2, 0.25) is 10.0 Å². The van der Waals surface area contributed by atoms with E-state index in [4.69, 9.17) is 4.74 Å². The number of benzene rings is 1. The molecule has 3 aliphatic rings. The first-order chi connectivity index (χ1) is 14.5. The van der Waals surface area contributed by atoms with Gasteiger partial charge < -0.3 is 15.0 Å². The summed E-state index contributed by atoms with van der Waals surface area (Å²) in [4.78, 5) is 7.15. The predicted octanol–water partition coefficient (Wildman–Crippen LogP) is 2.96. The molecule has 9 heteroatoms. The molecule has 2 heterocycles. The van der Waals surface area contributed by atoms with Crippen LogP contribution in [0, 0.1) is 11.8 Å². The highest BCUT2D eigenvalue weighted by atomic mass is 127. The molecular formula is C22H35IN4O3S. The van der Waals surface area contributed by atoms with Gasteiger partial charge in [-0.15, -0.1) is 24.0 Å². The molecule has 3 atom stereocenters. The van der Waals surface area contributed by atoms with Crippen molar-refractivity contribution in [1.29, 1.82) is 0 Å². The summed E-state index contributed by atoms with van der Waals surface area (Å²) in [5, 5.41) is 3.45. The van der Waals surface area contributed by atoms with Gasteiger partial charge in [0.05, 0.1) is 11.0 Å². The number of ether oxygens (including phenoxy) is 1. The van der Waals surface area contributed by atoms with E-state index >= 15 is 0 Å². The average Bonchev–Trinajstić information content (AvgIpc) is 3.43. The van der Waals surface area contributed by atoms with Crippen LogP contribution >= 0.6 is 24.0 Å². The van der Waals surface area contributed by atoms with Crippen LogP contribution in [-0.4, -0.2) is 58.7 Å². The van der Waals surface area contributed by atoms with Crippen LogP contribution in [0.5, 0.6) is 0 Å². The van der Waals surface area contributed by atoms with Crippen molar-refractivity contribution in [2.45, 2.75) is 56.1 Å². The van der Waals surface area contributed by atoms with Gasteiger partial charge in [-0.3, -0.25) is 4.99 Å². The Hall–Kier alpha value is -0.910. The number of sulfonamides is 1. The van der Waals surface area contributed by atoms with Crippen LogP contribution in [0.1, 0.15) is 44.1 Å². The smallest absolute Gasteiger partial charge is 0.240 e. The van der Waals surface area contributed by atoms with Crippen molar-refractivity contribution in [2.24, 2.45) is 16.8 Å². The zero-order valence-electron chi connectivity index (χ0n) is 18.3. The maximum absolute atomic E-state index is 12.5. The van der Waals surface area contributed by atoms with Gasteiger partial charge in [-0.25, -0.2) is 13.1 Å². The third kappa shape index (κ3) is 6.33. The summed E-state index contributed by atoms with van der Waals surface area (Å²) in [5.41, 5.74) is 1.03. The zero-order valence-corrected chi connectivity index (χ0v) is 21.4. The first-order valence-corrected chi connectivity index (χ1v) is 12.7. The second kappa shape index (κ2) is 11.3. The first kappa shape index (κ1) is 24.7. The van der Waals surface area contributed by atoms with Gasteiger partial charge in [0, 0.05) is 39.8 Å². The Labute approximate surface area is 203 Å². The van der Waals surface area contributed by atoms with Crippen molar-refractivity contribution in [3.63, 3.8) is 0 Å². The summed E-state index contributed by atoms with van der Waals surface area (Å²) in [7, 11) is -1.68. The predicted molar refractivity (Wildman–Crippen MR) is 133 cm³/mol. The average molecular weight is 563 g/mol. The molecule has 2 N–H and O–H groups in total. The summed E-state index contributed by atoms with van der Waals surface area (Å²) in [6, 6.07) is 7.07. The van der Waals surface area contributed by atoms with Crippen LogP contribution in [0.3, 0.4) is 0 Å². The molecule has 31 heavy (non-hydrogen) atoms. The number of hydrogen-bond donors (Lipinski definition) is 2. The molecule has 0 aromatic heterocycles. The van der Waals surface area contributed by atoms with E-state index in [1.807, 2.05) is 19.2 Å². The maximum Gasteiger partial charge on any atom is 0.240 e. The molecule has 4 rings (SSSR count). The lowest BCUT2D eigenvalue weighted by molar-refractivity contribution is 0.114. The van der Waals surface area contributed by atoms with Gasteiger partial charge in [-0.05, 0) is 55.2 Å². The van der Waals surface area contributed by atoms with Crippen molar-refractivity contribution < 1.29 is 13.2 Å². The molecule has 3 unspecified atom stereocenters. The van der Waals surface area contributed by atoms with Crippen molar-refractivity contribution in [3.05, 3.63) is 29.8 Å². The van der Waals surface area contributed by atoms with Crippen molar-refractivity contribution in [1.82, 2.24) is 14.9 Å². The molecule has 0 radical (unpaired) electrons. The highest BCUT2D eigenvalue weighted by molar-refractivity contribution is 14.0. The van der Waals surface area contributed by atoms with E-state index in [0.717, 1.165) is 55.9 Å². The number of rotatable bonds is 6. The van der Waals surface area contributed by atoms with Crippen LogP contribution in [0.15, 0.2) is 34.2 Å². The molecule has 1 aromatic rings. The van der Waals surface area contributed by atoms with Crippen molar-refractivity contribution in [2.75, 3.05) is 33.3 Å². The lowest BCUT2D eigenvalue weighted by Crippen LogP contribution is -2.39. The molecular weight excluding hydrogens is 527 g/mol. The number of nitrogens with zero attached hydrogens (tertiary/aromatic N) is 2. The van der Waals surface area contributed by atoms with E-state index in [2.05, 4.69) is 19.9 Å². The molecule has 1 saturated carbocycles. The maximum atomic E-state index is 12.5. The van der Waals surface area contributed by atoms with E-state index in [9.17, 15) is 8.42 Å². The molecule has 3 fully saturated rings. The number of aliphatic imine (C=N–C) groups is 1. The van der Waals surface area contributed by atoms with E-state index in [0.29, 0.717) is 13.1 Å². The van der Waals surface area contributed by atoms with Crippen molar-refractivity contribution in [3.8, 4) is 0 Å². The Bertz CT molecular complexity index is 827. The zero-order chi connectivity index (χ0) is 21.0. The fourth-order valence-electron chi connectivity index (χ4n) is 4.97.